The number of guanidine groups is 1. The molecule has 0 aromatic carbocycles. The van der Waals surface area contributed by atoms with Crippen LogP contribution in [0.1, 0.15) is 39.5 Å². The number of aliphatic imine (C=N–C) groups is 1. The number of likely N-dealkylation sites (tertiary alicyclic amines) is 1. The van der Waals surface area contributed by atoms with Gasteiger partial charge in [0.15, 0.2) is 5.96 Å². The van der Waals surface area contributed by atoms with Gasteiger partial charge in [-0.25, -0.2) is 0 Å². The lowest BCUT2D eigenvalue weighted by Gasteiger charge is -2.36. The van der Waals surface area contributed by atoms with Crippen molar-refractivity contribution in [3.05, 3.63) is 0 Å². The molecule has 0 aliphatic carbocycles. The Kier molecular flexibility index (Phi) is 9.47. The molecule has 2 heterocycles. The zero-order valence-corrected chi connectivity index (χ0v) is 17.4. The van der Waals surface area contributed by atoms with Crippen LogP contribution in [0.4, 0.5) is 0 Å². The molecule has 1 atom stereocenters. The molecule has 0 radical (unpaired) electrons. The molecule has 0 saturated carbocycles. The lowest BCUT2D eigenvalue weighted by atomic mass is 9.99. The molecule has 2 aliphatic heterocycles. The molecule has 0 amide bonds. The van der Waals surface area contributed by atoms with E-state index in [-0.39, 0.29) is 28.7 Å². The summed E-state index contributed by atoms with van der Waals surface area (Å²) in [5.41, 5.74) is 0. The summed E-state index contributed by atoms with van der Waals surface area (Å²) in [6.07, 6.45) is 7.09. The van der Waals surface area contributed by atoms with Crippen LogP contribution in [-0.2, 0) is 4.74 Å². The van der Waals surface area contributed by atoms with Crippen molar-refractivity contribution in [1.82, 2.24) is 10.2 Å². The smallest absolute Gasteiger partial charge is 0.193 e. The molecule has 4 nitrogen and oxygen atoms in total. The highest BCUT2D eigenvalue weighted by Crippen LogP contribution is 2.34. The van der Waals surface area contributed by atoms with E-state index in [2.05, 4.69) is 30.3 Å². The zero-order chi connectivity index (χ0) is 15.1. The number of halogens is 1. The summed E-state index contributed by atoms with van der Waals surface area (Å²) in [7, 11) is 0. The lowest BCUT2D eigenvalue weighted by Crippen LogP contribution is -2.47. The maximum Gasteiger partial charge on any atom is 0.193 e. The van der Waals surface area contributed by atoms with Gasteiger partial charge in [-0.3, -0.25) is 4.99 Å². The first-order chi connectivity index (χ1) is 10.2. The van der Waals surface area contributed by atoms with Crippen molar-refractivity contribution < 1.29 is 4.74 Å². The Balaban J connectivity index is 0.00000242. The molecular weight excluding hydrogens is 409 g/mol. The molecule has 22 heavy (non-hydrogen) atoms. The predicted molar refractivity (Wildman–Crippen MR) is 108 cm³/mol. The Hall–Kier alpha value is 0.310. The van der Waals surface area contributed by atoms with Gasteiger partial charge in [-0.15, -0.1) is 24.0 Å². The van der Waals surface area contributed by atoms with Crippen molar-refractivity contribution in [3.8, 4) is 0 Å². The molecule has 1 N–H and O–H groups in total. The highest BCUT2D eigenvalue weighted by atomic mass is 127. The standard InChI is InChI=1S/C16H31N3OS.HI/c1-4-17-15(19-9-5-6-14(2)12-19)18-13-16(21-3)7-10-20-11-8-16;/h14H,4-13H2,1-3H3,(H,17,18);1H. The number of piperidine rings is 1. The summed E-state index contributed by atoms with van der Waals surface area (Å²) in [4.78, 5) is 7.44. The minimum atomic E-state index is 0. The Morgan fingerprint density at radius 3 is 2.73 bits per heavy atom. The van der Waals surface area contributed by atoms with Crippen molar-refractivity contribution in [3.63, 3.8) is 0 Å². The van der Waals surface area contributed by atoms with Crippen molar-refractivity contribution >= 4 is 41.7 Å². The van der Waals surface area contributed by atoms with Crippen LogP contribution in [0.5, 0.6) is 0 Å². The Morgan fingerprint density at radius 2 is 2.14 bits per heavy atom. The van der Waals surface area contributed by atoms with Crippen LogP contribution < -0.4 is 5.32 Å². The van der Waals surface area contributed by atoms with Gasteiger partial charge in [-0.1, -0.05) is 6.92 Å². The summed E-state index contributed by atoms with van der Waals surface area (Å²) >= 11 is 1.97. The van der Waals surface area contributed by atoms with E-state index in [4.69, 9.17) is 9.73 Å². The summed E-state index contributed by atoms with van der Waals surface area (Å²) < 4.78 is 5.80. The van der Waals surface area contributed by atoms with Crippen LogP contribution in [0.25, 0.3) is 0 Å². The van der Waals surface area contributed by atoms with Crippen LogP contribution in [0, 0.1) is 5.92 Å². The van der Waals surface area contributed by atoms with Gasteiger partial charge < -0.3 is 15.0 Å². The Morgan fingerprint density at radius 1 is 1.41 bits per heavy atom. The second kappa shape index (κ2) is 10.2. The highest BCUT2D eigenvalue weighted by Gasteiger charge is 2.32. The molecule has 2 saturated heterocycles. The third-order valence-corrected chi connectivity index (χ3v) is 6.05. The van der Waals surface area contributed by atoms with Gasteiger partial charge in [-0.2, -0.15) is 11.8 Å². The lowest BCUT2D eigenvalue weighted by molar-refractivity contribution is 0.0793. The molecule has 0 aromatic rings. The third kappa shape index (κ3) is 5.74. The van der Waals surface area contributed by atoms with Crippen molar-refractivity contribution in [2.24, 2.45) is 10.9 Å². The van der Waals surface area contributed by atoms with E-state index in [9.17, 15) is 0 Å². The molecule has 6 heteroatoms. The molecule has 130 valence electrons. The second-order valence-electron chi connectivity index (χ2n) is 6.36. The largest absolute Gasteiger partial charge is 0.381 e. The molecule has 0 spiro atoms. The quantitative estimate of drug-likeness (QED) is 0.413. The molecule has 2 fully saturated rings. The number of hydrogen-bond donors (Lipinski definition) is 1. The number of hydrogen-bond acceptors (Lipinski definition) is 3. The van der Waals surface area contributed by atoms with E-state index in [1.807, 2.05) is 11.8 Å². The SMILES string of the molecule is CCNC(=NCC1(SC)CCOCC1)N1CCCC(C)C1.I. The van der Waals surface area contributed by atoms with Crippen LogP contribution in [0.15, 0.2) is 4.99 Å². The average molecular weight is 441 g/mol. The second-order valence-corrected chi connectivity index (χ2v) is 7.64. The number of rotatable bonds is 4. The monoisotopic (exact) mass is 441 g/mol. The fourth-order valence-corrected chi connectivity index (χ4v) is 3.97. The molecule has 2 aliphatic rings. The van der Waals surface area contributed by atoms with E-state index >= 15 is 0 Å². The minimum Gasteiger partial charge on any atom is -0.381 e. The van der Waals surface area contributed by atoms with Crippen molar-refractivity contribution in [2.45, 2.75) is 44.3 Å². The van der Waals surface area contributed by atoms with Crippen LogP contribution >= 0.6 is 35.7 Å². The first-order valence-electron chi connectivity index (χ1n) is 8.35. The maximum absolute atomic E-state index is 5.52. The zero-order valence-electron chi connectivity index (χ0n) is 14.3. The number of thioether (sulfide) groups is 1. The maximum atomic E-state index is 5.52. The van der Waals surface area contributed by atoms with Crippen LogP contribution in [-0.4, -0.2) is 61.3 Å². The van der Waals surface area contributed by atoms with E-state index in [1.165, 1.54) is 12.8 Å². The Labute approximate surface area is 157 Å². The van der Waals surface area contributed by atoms with Gasteiger partial charge in [0, 0.05) is 37.6 Å². The molecule has 0 bridgehead atoms. The number of nitrogens with one attached hydrogen (secondary N) is 1. The van der Waals surface area contributed by atoms with Gasteiger partial charge >= 0.3 is 0 Å². The normalized spacial score (nSPS) is 25.5. The van der Waals surface area contributed by atoms with Crippen LogP contribution in [0.3, 0.4) is 0 Å². The fraction of sp³-hybridized carbons (Fsp3) is 0.938. The third-order valence-electron chi connectivity index (χ3n) is 4.65. The number of ether oxygens (including phenoxy) is 1. The van der Waals surface area contributed by atoms with Crippen LogP contribution in [0.2, 0.25) is 0 Å². The summed E-state index contributed by atoms with van der Waals surface area (Å²) in [6.45, 7) is 10.4. The average Bonchev–Trinajstić information content (AvgIpc) is 2.52. The summed E-state index contributed by atoms with van der Waals surface area (Å²) in [5.74, 6) is 1.89. The van der Waals surface area contributed by atoms with E-state index in [0.717, 1.165) is 64.1 Å². The summed E-state index contributed by atoms with van der Waals surface area (Å²) in [6, 6.07) is 0. The molecule has 1 unspecified atom stereocenters. The minimum absolute atomic E-state index is 0. The van der Waals surface area contributed by atoms with Gasteiger partial charge in [0.1, 0.15) is 0 Å². The van der Waals surface area contributed by atoms with Gasteiger partial charge in [0.25, 0.3) is 0 Å². The van der Waals surface area contributed by atoms with E-state index in [1.54, 1.807) is 0 Å². The molecular formula is C16H32IN3OS. The first kappa shape index (κ1) is 20.4. The van der Waals surface area contributed by atoms with E-state index < -0.39 is 0 Å². The van der Waals surface area contributed by atoms with Gasteiger partial charge in [0.05, 0.1) is 6.54 Å². The predicted octanol–water partition coefficient (Wildman–Crippen LogP) is 3.21. The highest BCUT2D eigenvalue weighted by molar-refractivity contribution is 14.0. The van der Waals surface area contributed by atoms with Gasteiger partial charge in [0.2, 0.25) is 0 Å². The summed E-state index contributed by atoms with van der Waals surface area (Å²) in [5, 5.41) is 3.49. The van der Waals surface area contributed by atoms with Crippen molar-refractivity contribution in [1.29, 1.82) is 0 Å². The topological polar surface area (TPSA) is 36.9 Å². The molecule has 2 rings (SSSR count). The fourth-order valence-electron chi connectivity index (χ4n) is 3.20. The van der Waals surface area contributed by atoms with Gasteiger partial charge in [-0.05, 0) is 44.8 Å². The first-order valence-corrected chi connectivity index (χ1v) is 9.58. The number of nitrogens with zero attached hydrogens (tertiary/aromatic N) is 2. The molecule has 0 aromatic heterocycles. The van der Waals surface area contributed by atoms with Crippen molar-refractivity contribution in [2.75, 3.05) is 45.6 Å². The van der Waals surface area contributed by atoms with E-state index in [0.29, 0.717) is 0 Å². The Bertz CT molecular complexity index is 348.